The molecule has 1 rings (SSSR count). The minimum atomic E-state index is -0.556. The molecule has 1 aliphatic carbocycles. The number of nitrogens with one attached hydrogen (secondary N) is 2. The average molecular weight is 270 g/mol. The van der Waals surface area contributed by atoms with E-state index in [2.05, 4.69) is 17.6 Å². The van der Waals surface area contributed by atoms with Crippen LogP contribution in [0.1, 0.15) is 53.4 Å². The molecule has 2 amide bonds. The number of carbonyl (C=O) groups is 2. The number of carbonyl (C=O) groups excluding carboxylic acids is 2. The molecule has 1 aliphatic rings. The van der Waals surface area contributed by atoms with Crippen molar-refractivity contribution in [2.45, 2.75) is 65.0 Å². The van der Waals surface area contributed by atoms with Crippen molar-refractivity contribution in [2.24, 2.45) is 5.92 Å². The van der Waals surface area contributed by atoms with E-state index in [1.54, 1.807) is 20.8 Å². The summed E-state index contributed by atoms with van der Waals surface area (Å²) in [5.41, 5.74) is -0.542. The van der Waals surface area contributed by atoms with Crippen LogP contribution >= 0.6 is 0 Å². The highest BCUT2D eigenvalue weighted by atomic mass is 16.6. The van der Waals surface area contributed by atoms with Crippen molar-refractivity contribution in [3.63, 3.8) is 0 Å². The van der Waals surface area contributed by atoms with Crippen LogP contribution in [0.3, 0.4) is 0 Å². The van der Waals surface area contributed by atoms with E-state index >= 15 is 0 Å². The molecule has 0 heterocycles. The van der Waals surface area contributed by atoms with Gasteiger partial charge >= 0.3 is 6.09 Å². The Bertz CT molecular complexity index is 315. The lowest BCUT2D eigenvalue weighted by Gasteiger charge is -2.27. The van der Waals surface area contributed by atoms with Crippen LogP contribution in [0.2, 0.25) is 0 Å². The topological polar surface area (TPSA) is 67.4 Å². The van der Waals surface area contributed by atoms with Gasteiger partial charge in [0.2, 0.25) is 5.91 Å². The molecule has 0 spiro atoms. The monoisotopic (exact) mass is 270 g/mol. The average Bonchev–Trinajstić information content (AvgIpc) is 2.27. The molecule has 5 heteroatoms. The molecule has 2 N–H and O–H groups in total. The van der Waals surface area contributed by atoms with Crippen LogP contribution < -0.4 is 10.6 Å². The molecule has 0 aliphatic heterocycles. The van der Waals surface area contributed by atoms with Gasteiger partial charge in [-0.05, 0) is 52.4 Å². The van der Waals surface area contributed by atoms with Crippen molar-refractivity contribution in [3.05, 3.63) is 0 Å². The molecule has 110 valence electrons. The van der Waals surface area contributed by atoms with E-state index in [-0.39, 0.29) is 18.5 Å². The highest BCUT2D eigenvalue weighted by Crippen LogP contribution is 2.23. The van der Waals surface area contributed by atoms with Gasteiger partial charge in [0.15, 0.2) is 0 Å². The van der Waals surface area contributed by atoms with Crippen molar-refractivity contribution in [3.8, 4) is 0 Å². The summed E-state index contributed by atoms with van der Waals surface area (Å²) in [5, 5.41) is 5.41. The summed E-state index contributed by atoms with van der Waals surface area (Å²) >= 11 is 0. The van der Waals surface area contributed by atoms with Gasteiger partial charge in [0.05, 0.1) is 0 Å². The predicted molar refractivity (Wildman–Crippen MR) is 73.8 cm³/mol. The van der Waals surface area contributed by atoms with Crippen LogP contribution in [0.5, 0.6) is 0 Å². The molecule has 0 atom stereocenters. The zero-order chi connectivity index (χ0) is 14.5. The van der Waals surface area contributed by atoms with E-state index in [0.29, 0.717) is 0 Å². The Labute approximate surface area is 115 Å². The van der Waals surface area contributed by atoms with Crippen LogP contribution in [-0.4, -0.2) is 30.2 Å². The van der Waals surface area contributed by atoms with Gasteiger partial charge in [0, 0.05) is 6.04 Å². The van der Waals surface area contributed by atoms with Gasteiger partial charge in [-0.15, -0.1) is 0 Å². The molecular weight excluding hydrogens is 244 g/mol. The number of rotatable bonds is 3. The second kappa shape index (κ2) is 6.78. The van der Waals surface area contributed by atoms with Crippen LogP contribution in [0.4, 0.5) is 4.79 Å². The fraction of sp³-hybridized carbons (Fsp3) is 0.857. The summed E-state index contributed by atoms with van der Waals surface area (Å²) in [6.45, 7) is 7.57. The Morgan fingerprint density at radius 2 is 1.74 bits per heavy atom. The van der Waals surface area contributed by atoms with Crippen LogP contribution in [0, 0.1) is 5.92 Å². The van der Waals surface area contributed by atoms with Gasteiger partial charge in [0.25, 0.3) is 0 Å². The molecule has 1 saturated carbocycles. The third kappa shape index (κ3) is 7.03. The van der Waals surface area contributed by atoms with Crippen molar-refractivity contribution < 1.29 is 14.3 Å². The lowest BCUT2D eigenvalue weighted by Crippen LogP contribution is -2.44. The van der Waals surface area contributed by atoms with Gasteiger partial charge in [-0.25, -0.2) is 4.79 Å². The first-order valence-corrected chi connectivity index (χ1v) is 7.02. The first kappa shape index (κ1) is 15.8. The second-order valence-corrected chi connectivity index (χ2v) is 6.38. The maximum atomic E-state index is 11.7. The fourth-order valence-corrected chi connectivity index (χ4v) is 2.15. The SMILES string of the molecule is CC1CCC(NC(=O)CNC(=O)OC(C)(C)C)CC1. The highest BCUT2D eigenvalue weighted by molar-refractivity contribution is 5.82. The number of ether oxygens (including phenoxy) is 1. The zero-order valence-electron chi connectivity index (χ0n) is 12.4. The fourth-order valence-electron chi connectivity index (χ4n) is 2.15. The largest absolute Gasteiger partial charge is 0.444 e. The first-order valence-electron chi connectivity index (χ1n) is 7.02. The molecular formula is C14H26N2O3. The standard InChI is InChI=1S/C14H26N2O3/c1-10-5-7-11(8-6-10)16-12(17)9-15-13(18)19-14(2,3)4/h10-11H,5-9H2,1-4H3,(H,15,18)(H,16,17). The number of hydrogen-bond acceptors (Lipinski definition) is 3. The summed E-state index contributed by atoms with van der Waals surface area (Å²) < 4.78 is 5.06. The smallest absolute Gasteiger partial charge is 0.408 e. The van der Waals surface area contributed by atoms with E-state index in [1.165, 1.54) is 0 Å². The summed E-state index contributed by atoms with van der Waals surface area (Å²) in [5.74, 6) is 0.610. The Kier molecular flexibility index (Phi) is 5.63. The number of alkyl carbamates (subject to hydrolysis) is 1. The van der Waals surface area contributed by atoms with Gasteiger partial charge < -0.3 is 15.4 Å². The van der Waals surface area contributed by atoms with Gasteiger partial charge in [-0.3, -0.25) is 4.79 Å². The Hall–Kier alpha value is -1.26. The summed E-state index contributed by atoms with van der Waals surface area (Å²) in [7, 11) is 0. The lowest BCUT2D eigenvalue weighted by atomic mass is 9.87. The lowest BCUT2D eigenvalue weighted by molar-refractivity contribution is -0.121. The van der Waals surface area contributed by atoms with Crippen molar-refractivity contribution in [1.82, 2.24) is 10.6 Å². The van der Waals surface area contributed by atoms with Crippen molar-refractivity contribution in [2.75, 3.05) is 6.54 Å². The third-order valence-corrected chi connectivity index (χ3v) is 3.17. The molecule has 0 aromatic heterocycles. The first-order chi connectivity index (χ1) is 8.76. The summed E-state index contributed by atoms with van der Waals surface area (Å²) in [6, 6.07) is 0.254. The minimum absolute atomic E-state index is 0.0268. The maximum Gasteiger partial charge on any atom is 0.408 e. The van der Waals surface area contributed by atoms with Crippen molar-refractivity contribution >= 4 is 12.0 Å². The normalized spacial score (nSPS) is 23.6. The van der Waals surface area contributed by atoms with Gasteiger partial charge in [-0.1, -0.05) is 6.92 Å². The second-order valence-electron chi connectivity index (χ2n) is 6.38. The molecule has 0 bridgehead atoms. The van der Waals surface area contributed by atoms with E-state index in [1.807, 2.05) is 0 Å². The van der Waals surface area contributed by atoms with Gasteiger partial charge in [0.1, 0.15) is 12.1 Å². The van der Waals surface area contributed by atoms with Crippen LogP contribution in [0.15, 0.2) is 0 Å². The molecule has 19 heavy (non-hydrogen) atoms. The molecule has 0 radical (unpaired) electrons. The number of amides is 2. The molecule has 1 fully saturated rings. The molecule has 0 aromatic rings. The quantitative estimate of drug-likeness (QED) is 0.826. The van der Waals surface area contributed by atoms with Crippen LogP contribution in [0.25, 0.3) is 0 Å². The minimum Gasteiger partial charge on any atom is -0.444 e. The summed E-state index contributed by atoms with van der Waals surface area (Å²) in [4.78, 5) is 23.1. The maximum absolute atomic E-state index is 11.7. The van der Waals surface area contributed by atoms with E-state index in [9.17, 15) is 9.59 Å². The van der Waals surface area contributed by atoms with E-state index < -0.39 is 11.7 Å². The van der Waals surface area contributed by atoms with Crippen LogP contribution in [-0.2, 0) is 9.53 Å². The Morgan fingerprint density at radius 1 is 1.16 bits per heavy atom. The third-order valence-electron chi connectivity index (χ3n) is 3.17. The molecule has 0 aromatic carbocycles. The molecule has 5 nitrogen and oxygen atoms in total. The zero-order valence-corrected chi connectivity index (χ0v) is 12.4. The Morgan fingerprint density at radius 3 is 2.26 bits per heavy atom. The van der Waals surface area contributed by atoms with Gasteiger partial charge in [-0.2, -0.15) is 0 Å². The molecule has 0 unspecified atom stereocenters. The van der Waals surface area contributed by atoms with Crippen molar-refractivity contribution in [1.29, 1.82) is 0 Å². The highest BCUT2D eigenvalue weighted by Gasteiger charge is 2.20. The number of hydrogen-bond donors (Lipinski definition) is 2. The predicted octanol–water partition coefficient (Wildman–Crippen LogP) is 2.21. The summed E-state index contributed by atoms with van der Waals surface area (Å²) in [6.07, 6.45) is 3.81. The van der Waals surface area contributed by atoms with E-state index in [0.717, 1.165) is 31.6 Å². The van der Waals surface area contributed by atoms with E-state index in [4.69, 9.17) is 4.74 Å². The Balaban J connectivity index is 2.19. The molecule has 0 saturated heterocycles.